The minimum absolute atomic E-state index is 0.158. The molecule has 3 aromatic carbocycles. The molecule has 25 heavy (non-hydrogen) atoms. The van der Waals surface area contributed by atoms with Crippen molar-refractivity contribution in [3.63, 3.8) is 0 Å². The summed E-state index contributed by atoms with van der Waals surface area (Å²) in [6.45, 7) is 0. The van der Waals surface area contributed by atoms with E-state index in [4.69, 9.17) is 11.6 Å². The number of carbonyl (C=O) groups is 1. The molecule has 3 rings (SSSR count). The highest BCUT2D eigenvalue weighted by molar-refractivity contribution is 7.92. The highest BCUT2D eigenvalue weighted by Gasteiger charge is 2.14. The van der Waals surface area contributed by atoms with Gasteiger partial charge in [-0.05, 0) is 60.7 Å². The molecule has 0 amide bonds. The van der Waals surface area contributed by atoms with E-state index in [0.717, 1.165) is 0 Å². The molecule has 0 atom stereocenters. The molecule has 3 aromatic rings. The third kappa shape index (κ3) is 4.07. The summed E-state index contributed by atoms with van der Waals surface area (Å²) in [5, 5.41) is 0.558. The maximum Gasteiger partial charge on any atom is 0.261 e. The maximum atomic E-state index is 12.4. The van der Waals surface area contributed by atoms with Crippen molar-refractivity contribution in [3.05, 3.63) is 95.0 Å². The number of ketones is 1. The third-order valence-electron chi connectivity index (χ3n) is 3.56. The zero-order chi connectivity index (χ0) is 17.9. The normalized spacial score (nSPS) is 11.1. The second kappa shape index (κ2) is 7.09. The molecule has 126 valence electrons. The number of anilines is 1. The quantitative estimate of drug-likeness (QED) is 0.677. The van der Waals surface area contributed by atoms with Crippen LogP contribution < -0.4 is 4.72 Å². The van der Waals surface area contributed by atoms with Crippen LogP contribution >= 0.6 is 11.6 Å². The minimum Gasteiger partial charge on any atom is -0.289 e. The molecule has 0 aliphatic rings. The van der Waals surface area contributed by atoms with E-state index in [-0.39, 0.29) is 10.7 Å². The second-order valence-electron chi connectivity index (χ2n) is 5.33. The summed E-state index contributed by atoms with van der Waals surface area (Å²) in [4.78, 5) is 12.6. The van der Waals surface area contributed by atoms with E-state index in [0.29, 0.717) is 21.8 Å². The number of sulfonamides is 1. The summed E-state index contributed by atoms with van der Waals surface area (Å²) in [5.41, 5.74) is 1.36. The van der Waals surface area contributed by atoms with Crippen LogP contribution in [-0.4, -0.2) is 14.2 Å². The molecule has 0 aliphatic carbocycles. The van der Waals surface area contributed by atoms with Gasteiger partial charge in [0.15, 0.2) is 5.78 Å². The fourth-order valence-electron chi connectivity index (χ4n) is 2.27. The number of rotatable bonds is 5. The lowest BCUT2D eigenvalue weighted by Crippen LogP contribution is -2.12. The van der Waals surface area contributed by atoms with Gasteiger partial charge in [-0.1, -0.05) is 29.8 Å². The van der Waals surface area contributed by atoms with E-state index in [2.05, 4.69) is 4.72 Å². The fourth-order valence-corrected chi connectivity index (χ4v) is 3.48. The summed E-state index contributed by atoms with van der Waals surface area (Å²) >= 11 is 5.82. The summed E-state index contributed by atoms with van der Waals surface area (Å²) in [6.07, 6.45) is 0. The van der Waals surface area contributed by atoms with Crippen LogP contribution in [0.15, 0.2) is 83.8 Å². The molecule has 0 heterocycles. The van der Waals surface area contributed by atoms with Crippen molar-refractivity contribution in [2.45, 2.75) is 4.90 Å². The molecule has 4 nitrogen and oxygen atoms in total. The molecule has 0 spiro atoms. The zero-order valence-corrected chi connectivity index (χ0v) is 14.6. The van der Waals surface area contributed by atoms with E-state index in [1.165, 1.54) is 12.1 Å². The van der Waals surface area contributed by atoms with Crippen LogP contribution in [-0.2, 0) is 10.0 Å². The van der Waals surface area contributed by atoms with Crippen LogP contribution in [0.2, 0.25) is 5.02 Å². The number of carbonyl (C=O) groups excluding carboxylic acids is 1. The van der Waals surface area contributed by atoms with Gasteiger partial charge in [0.1, 0.15) is 0 Å². The Labute approximate surface area is 151 Å². The van der Waals surface area contributed by atoms with Crippen molar-refractivity contribution in [3.8, 4) is 0 Å². The van der Waals surface area contributed by atoms with Gasteiger partial charge in [-0.25, -0.2) is 8.42 Å². The minimum atomic E-state index is -3.65. The Balaban J connectivity index is 1.78. The lowest BCUT2D eigenvalue weighted by Gasteiger charge is -2.08. The van der Waals surface area contributed by atoms with Crippen molar-refractivity contribution in [2.24, 2.45) is 0 Å². The standard InChI is InChI=1S/C19H14ClNO3S/c20-16-10-6-14(7-11-16)19(22)15-8-12-17(13-9-15)21-25(23,24)18-4-2-1-3-5-18/h1-13,21H. The molecule has 0 saturated carbocycles. The third-order valence-corrected chi connectivity index (χ3v) is 5.21. The number of halogens is 1. The van der Waals surface area contributed by atoms with Gasteiger partial charge in [0.05, 0.1) is 4.90 Å². The molecular formula is C19H14ClNO3S. The van der Waals surface area contributed by atoms with E-state index >= 15 is 0 Å². The number of benzene rings is 3. The molecule has 0 bridgehead atoms. The first-order chi connectivity index (χ1) is 12.0. The lowest BCUT2D eigenvalue weighted by molar-refractivity contribution is 0.103. The predicted octanol–water partition coefficient (Wildman–Crippen LogP) is 4.37. The smallest absolute Gasteiger partial charge is 0.261 e. The van der Waals surface area contributed by atoms with Gasteiger partial charge in [-0.3, -0.25) is 9.52 Å². The van der Waals surface area contributed by atoms with Gasteiger partial charge in [-0.2, -0.15) is 0 Å². The SMILES string of the molecule is O=C(c1ccc(Cl)cc1)c1ccc(NS(=O)(=O)c2ccccc2)cc1. The first kappa shape index (κ1) is 17.2. The number of hydrogen-bond acceptors (Lipinski definition) is 3. The zero-order valence-electron chi connectivity index (χ0n) is 13.0. The molecule has 6 heteroatoms. The highest BCUT2D eigenvalue weighted by atomic mass is 35.5. The molecule has 1 N–H and O–H groups in total. The lowest BCUT2D eigenvalue weighted by atomic mass is 10.0. The van der Waals surface area contributed by atoms with Crippen LogP contribution in [0.1, 0.15) is 15.9 Å². The van der Waals surface area contributed by atoms with Gasteiger partial charge in [0.2, 0.25) is 0 Å². The Morgan fingerprint density at radius 3 is 1.84 bits per heavy atom. The summed E-state index contributed by atoms with van der Waals surface area (Å²) in [6, 6.07) is 21.0. The molecule has 0 fully saturated rings. The Morgan fingerprint density at radius 1 is 0.760 bits per heavy atom. The van der Waals surface area contributed by atoms with Gasteiger partial charge in [0.25, 0.3) is 10.0 Å². The topological polar surface area (TPSA) is 63.2 Å². The molecule has 0 radical (unpaired) electrons. The summed E-state index contributed by atoms with van der Waals surface area (Å²) in [5.74, 6) is -0.158. The summed E-state index contributed by atoms with van der Waals surface area (Å²) < 4.78 is 27.1. The Bertz CT molecular complexity index is 983. The molecular weight excluding hydrogens is 358 g/mol. The maximum absolute atomic E-state index is 12.4. The van der Waals surface area contributed by atoms with Gasteiger partial charge >= 0.3 is 0 Å². The monoisotopic (exact) mass is 371 g/mol. The number of nitrogens with one attached hydrogen (secondary N) is 1. The van der Waals surface area contributed by atoms with Crippen LogP contribution in [0, 0.1) is 0 Å². The van der Waals surface area contributed by atoms with Crippen molar-refractivity contribution >= 4 is 33.1 Å². The number of hydrogen-bond donors (Lipinski definition) is 1. The van der Waals surface area contributed by atoms with Crippen LogP contribution in [0.3, 0.4) is 0 Å². The van der Waals surface area contributed by atoms with E-state index in [1.807, 2.05) is 0 Å². The first-order valence-electron chi connectivity index (χ1n) is 7.44. The van der Waals surface area contributed by atoms with Gasteiger partial charge in [-0.15, -0.1) is 0 Å². The van der Waals surface area contributed by atoms with E-state index < -0.39 is 10.0 Å². The summed E-state index contributed by atoms with van der Waals surface area (Å²) in [7, 11) is -3.65. The Kier molecular flexibility index (Phi) is 4.88. The van der Waals surface area contributed by atoms with Crippen molar-refractivity contribution in [1.29, 1.82) is 0 Å². The molecule has 0 unspecified atom stereocenters. The van der Waals surface area contributed by atoms with Crippen LogP contribution in [0.25, 0.3) is 0 Å². The fraction of sp³-hybridized carbons (Fsp3) is 0. The van der Waals surface area contributed by atoms with Crippen LogP contribution in [0.5, 0.6) is 0 Å². The van der Waals surface area contributed by atoms with Crippen molar-refractivity contribution < 1.29 is 13.2 Å². The molecule has 0 aliphatic heterocycles. The second-order valence-corrected chi connectivity index (χ2v) is 7.45. The molecule has 0 aromatic heterocycles. The Hall–Kier alpha value is -2.63. The molecule has 0 saturated heterocycles. The average molecular weight is 372 g/mol. The Morgan fingerprint density at radius 2 is 1.28 bits per heavy atom. The van der Waals surface area contributed by atoms with Crippen molar-refractivity contribution in [1.82, 2.24) is 0 Å². The average Bonchev–Trinajstić information content (AvgIpc) is 2.63. The predicted molar refractivity (Wildman–Crippen MR) is 98.6 cm³/mol. The van der Waals surface area contributed by atoms with E-state index in [1.54, 1.807) is 66.7 Å². The van der Waals surface area contributed by atoms with E-state index in [9.17, 15) is 13.2 Å². The van der Waals surface area contributed by atoms with Crippen molar-refractivity contribution in [2.75, 3.05) is 4.72 Å². The highest BCUT2D eigenvalue weighted by Crippen LogP contribution is 2.19. The van der Waals surface area contributed by atoms with Gasteiger partial charge < -0.3 is 0 Å². The van der Waals surface area contributed by atoms with Gasteiger partial charge in [0, 0.05) is 21.8 Å². The largest absolute Gasteiger partial charge is 0.289 e. The van der Waals surface area contributed by atoms with Crippen LogP contribution in [0.4, 0.5) is 5.69 Å². The first-order valence-corrected chi connectivity index (χ1v) is 9.30.